The Labute approximate surface area is 114 Å². The summed E-state index contributed by atoms with van der Waals surface area (Å²) >= 11 is 0. The third kappa shape index (κ3) is 2.44. The van der Waals surface area contributed by atoms with E-state index in [9.17, 15) is 9.59 Å². The molecule has 0 radical (unpaired) electrons. The maximum atomic E-state index is 11.1. The molecule has 2 aromatic rings. The van der Waals surface area contributed by atoms with Crippen molar-refractivity contribution in [3.8, 4) is 5.69 Å². The quantitative estimate of drug-likeness (QED) is 0.869. The minimum atomic E-state index is -0.265. The Hall–Kier alpha value is -2.89. The molecule has 1 aliphatic rings. The summed E-state index contributed by atoms with van der Waals surface area (Å²) in [5.74, 6) is 0.120. The van der Waals surface area contributed by atoms with Gasteiger partial charge < -0.3 is 9.30 Å². The van der Waals surface area contributed by atoms with Crippen molar-refractivity contribution in [2.45, 2.75) is 0 Å². The number of carbonyl (C=O) groups excluding carboxylic acids is 1. The minimum Gasteiger partial charge on any atom is -0.466 e. The molecule has 2 heterocycles. The van der Waals surface area contributed by atoms with Gasteiger partial charge in [0.1, 0.15) is 0 Å². The Morgan fingerprint density at radius 2 is 1.75 bits per heavy atom. The number of rotatable bonds is 2. The lowest BCUT2D eigenvalue weighted by Gasteiger charge is -2.14. The van der Waals surface area contributed by atoms with E-state index in [1.807, 2.05) is 28.8 Å². The third-order valence-electron chi connectivity index (χ3n) is 2.83. The van der Waals surface area contributed by atoms with Gasteiger partial charge in [0.2, 0.25) is 5.90 Å². The van der Waals surface area contributed by atoms with Crippen molar-refractivity contribution >= 4 is 11.8 Å². The van der Waals surface area contributed by atoms with E-state index in [0.29, 0.717) is 5.90 Å². The van der Waals surface area contributed by atoms with Gasteiger partial charge in [0.05, 0.1) is 0 Å². The zero-order valence-corrected chi connectivity index (χ0v) is 10.4. The van der Waals surface area contributed by atoms with Crippen molar-refractivity contribution in [1.29, 1.82) is 0 Å². The van der Waals surface area contributed by atoms with Crippen LogP contribution in [0, 0.1) is 0 Å². The molecule has 20 heavy (non-hydrogen) atoms. The lowest BCUT2D eigenvalue weighted by Crippen LogP contribution is -2.32. The largest absolute Gasteiger partial charge is 0.466 e. The molecule has 1 aliphatic heterocycles. The molecule has 0 unspecified atom stereocenters. The van der Waals surface area contributed by atoms with E-state index in [1.54, 1.807) is 12.4 Å². The maximum absolute atomic E-state index is 11.1. The molecule has 1 N–H and O–H groups in total. The fourth-order valence-electron chi connectivity index (χ4n) is 1.82. The predicted octanol–water partition coefficient (Wildman–Crippen LogP) is 0.646. The number of ether oxygens (including phenoxy) is 1. The molecule has 0 saturated heterocycles. The lowest BCUT2D eigenvalue weighted by molar-refractivity contribution is -0.124. The Morgan fingerprint density at radius 3 is 2.35 bits per heavy atom. The second-order valence-electron chi connectivity index (χ2n) is 4.23. The first-order valence-corrected chi connectivity index (χ1v) is 6.01. The number of carbonyl (C=O) groups is 1. The average Bonchev–Trinajstić information content (AvgIpc) is 2.49. The van der Waals surface area contributed by atoms with Crippen LogP contribution in [0.5, 0.6) is 0 Å². The van der Waals surface area contributed by atoms with E-state index in [2.05, 4.69) is 10.5 Å². The number of nitrogens with one attached hydrogen (secondary N) is 1. The molecular weight excluding hydrogens is 258 g/mol. The topological polar surface area (TPSA) is 72.7 Å². The molecule has 0 spiro atoms. The summed E-state index contributed by atoms with van der Waals surface area (Å²) in [5, 5.41) is 3.84. The number of pyridine rings is 1. The molecule has 0 fully saturated rings. The van der Waals surface area contributed by atoms with E-state index >= 15 is 0 Å². The lowest BCUT2D eigenvalue weighted by atomic mass is 10.2. The van der Waals surface area contributed by atoms with E-state index in [4.69, 9.17) is 4.74 Å². The predicted molar refractivity (Wildman–Crippen MR) is 72.7 cm³/mol. The summed E-state index contributed by atoms with van der Waals surface area (Å²) in [4.78, 5) is 22.0. The zero-order valence-electron chi connectivity index (χ0n) is 10.4. The summed E-state index contributed by atoms with van der Waals surface area (Å²) in [5.41, 5.74) is 4.02. The highest BCUT2D eigenvalue weighted by molar-refractivity contribution is 5.98. The summed E-state index contributed by atoms with van der Waals surface area (Å²) in [7, 11) is 0. The highest BCUT2D eigenvalue weighted by Gasteiger charge is 2.13. The number of benzene rings is 1. The van der Waals surface area contributed by atoms with Crippen LogP contribution in [0.15, 0.2) is 58.7 Å². The van der Waals surface area contributed by atoms with E-state index < -0.39 is 0 Å². The van der Waals surface area contributed by atoms with Crippen molar-refractivity contribution in [1.82, 2.24) is 9.99 Å². The van der Waals surface area contributed by atoms with Gasteiger partial charge in [0, 0.05) is 35.8 Å². The van der Waals surface area contributed by atoms with Crippen LogP contribution in [-0.2, 0) is 9.53 Å². The molecule has 100 valence electrons. The second kappa shape index (κ2) is 5.00. The van der Waals surface area contributed by atoms with Crippen LogP contribution in [-0.4, -0.2) is 23.0 Å². The summed E-state index contributed by atoms with van der Waals surface area (Å²) in [6.45, 7) is -0.0275. The van der Waals surface area contributed by atoms with Crippen molar-refractivity contribution in [3.63, 3.8) is 0 Å². The Kier molecular flexibility index (Phi) is 3.04. The third-order valence-corrected chi connectivity index (χ3v) is 2.83. The normalized spacial score (nSPS) is 14.2. The molecule has 0 saturated carbocycles. The molecule has 0 aliphatic carbocycles. The van der Waals surface area contributed by atoms with Crippen LogP contribution in [0.25, 0.3) is 5.69 Å². The first-order valence-electron chi connectivity index (χ1n) is 6.01. The van der Waals surface area contributed by atoms with Crippen LogP contribution in [0.3, 0.4) is 0 Å². The summed E-state index contributed by atoms with van der Waals surface area (Å²) < 4.78 is 7.06. The van der Waals surface area contributed by atoms with E-state index in [0.717, 1.165) is 11.3 Å². The van der Waals surface area contributed by atoms with Gasteiger partial charge in [0.25, 0.3) is 5.91 Å². The van der Waals surface area contributed by atoms with E-state index in [-0.39, 0.29) is 17.9 Å². The van der Waals surface area contributed by atoms with Gasteiger partial charge >= 0.3 is 0 Å². The Balaban J connectivity index is 1.86. The van der Waals surface area contributed by atoms with Gasteiger partial charge in [-0.15, -0.1) is 5.10 Å². The number of aromatic nitrogens is 1. The molecule has 3 rings (SSSR count). The summed E-state index contributed by atoms with van der Waals surface area (Å²) in [6, 6.07) is 10.4. The van der Waals surface area contributed by atoms with Gasteiger partial charge in [-0.25, -0.2) is 5.43 Å². The molecule has 0 bridgehead atoms. The standard InChI is InChI=1S/C14H11N3O3/c18-12-5-7-17(8-6-12)11-3-1-10(2-4-11)14-16-15-13(19)9-20-14/h1-8H,9H2,(H,15,19). The Morgan fingerprint density at radius 1 is 1.05 bits per heavy atom. The smallest absolute Gasteiger partial charge is 0.278 e. The summed E-state index contributed by atoms with van der Waals surface area (Å²) in [6.07, 6.45) is 3.40. The molecule has 6 heteroatoms. The number of amides is 1. The van der Waals surface area contributed by atoms with Crippen LogP contribution in [0.2, 0.25) is 0 Å². The van der Waals surface area contributed by atoms with Crippen LogP contribution in [0.1, 0.15) is 5.56 Å². The molecule has 1 amide bonds. The van der Waals surface area contributed by atoms with Crippen molar-refractivity contribution in [2.75, 3.05) is 6.61 Å². The van der Waals surface area contributed by atoms with Gasteiger partial charge in [-0.05, 0) is 24.3 Å². The van der Waals surface area contributed by atoms with Crippen molar-refractivity contribution in [2.24, 2.45) is 5.10 Å². The number of hydrogen-bond donors (Lipinski definition) is 1. The highest BCUT2D eigenvalue weighted by atomic mass is 16.5. The van der Waals surface area contributed by atoms with Crippen LogP contribution >= 0.6 is 0 Å². The monoisotopic (exact) mass is 269 g/mol. The van der Waals surface area contributed by atoms with Crippen molar-refractivity contribution in [3.05, 3.63) is 64.6 Å². The van der Waals surface area contributed by atoms with Crippen LogP contribution < -0.4 is 10.9 Å². The van der Waals surface area contributed by atoms with E-state index in [1.165, 1.54) is 12.1 Å². The van der Waals surface area contributed by atoms with Gasteiger partial charge in [-0.1, -0.05) is 0 Å². The first kappa shape index (κ1) is 12.2. The maximum Gasteiger partial charge on any atom is 0.278 e. The SMILES string of the molecule is O=C1COC(c2ccc(-n3ccc(=O)cc3)cc2)=NN1. The molecular formula is C14H11N3O3. The number of hydrazone groups is 1. The van der Waals surface area contributed by atoms with Crippen molar-refractivity contribution < 1.29 is 9.53 Å². The Bertz CT molecular complexity index is 712. The second-order valence-corrected chi connectivity index (χ2v) is 4.23. The first-order chi connectivity index (χ1) is 9.72. The number of hydrogen-bond acceptors (Lipinski definition) is 4. The van der Waals surface area contributed by atoms with Gasteiger partial charge in [-0.2, -0.15) is 0 Å². The van der Waals surface area contributed by atoms with Crippen LogP contribution in [0.4, 0.5) is 0 Å². The van der Waals surface area contributed by atoms with Gasteiger partial charge in [0.15, 0.2) is 12.0 Å². The zero-order chi connectivity index (χ0) is 13.9. The fraction of sp³-hybridized carbons (Fsp3) is 0.0714. The van der Waals surface area contributed by atoms with Gasteiger partial charge in [-0.3, -0.25) is 9.59 Å². The number of nitrogens with zero attached hydrogens (tertiary/aromatic N) is 2. The minimum absolute atomic E-state index is 0.0275. The average molecular weight is 269 g/mol. The molecule has 1 aromatic carbocycles. The highest BCUT2D eigenvalue weighted by Crippen LogP contribution is 2.11. The molecule has 0 atom stereocenters. The molecule has 6 nitrogen and oxygen atoms in total. The fourth-order valence-corrected chi connectivity index (χ4v) is 1.82. The molecule has 1 aromatic heterocycles.